The van der Waals surface area contributed by atoms with Crippen LogP contribution < -0.4 is 4.72 Å². The standard InChI is InChI=1S/C19H23ClN2O5S/c1-19(2,3)21-28(24,25)17-9-8-15(27-17)18(23)22-10-11-26-16(12-22)13-4-6-14(20)7-5-13/h4-9,16,21H,10-12H2,1-3H3. The van der Waals surface area contributed by atoms with Crippen molar-refractivity contribution in [3.05, 3.63) is 52.7 Å². The fraction of sp³-hybridized carbons (Fsp3) is 0.421. The molecule has 1 amide bonds. The van der Waals surface area contributed by atoms with Gasteiger partial charge in [-0.05, 0) is 50.6 Å². The van der Waals surface area contributed by atoms with E-state index in [4.69, 9.17) is 20.8 Å². The summed E-state index contributed by atoms with van der Waals surface area (Å²) < 4.78 is 38.4. The van der Waals surface area contributed by atoms with Crippen molar-refractivity contribution in [2.24, 2.45) is 0 Å². The van der Waals surface area contributed by atoms with Gasteiger partial charge in [-0.25, -0.2) is 13.1 Å². The first-order chi connectivity index (χ1) is 13.0. The number of nitrogens with one attached hydrogen (secondary N) is 1. The summed E-state index contributed by atoms with van der Waals surface area (Å²) in [4.78, 5) is 14.4. The fourth-order valence-corrected chi connectivity index (χ4v) is 4.38. The Hall–Kier alpha value is -1.87. The van der Waals surface area contributed by atoms with Crippen molar-refractivity contribution in [2.45, 2.75) is 37.5 Å². The highest BCUT2D eigenvalue weighted by Crippen LogP contribution is 2.25. The second-order valence-electron chi connectivity index (χ2n) is 7.64. The number of rotatable bonds is 4. The molecule has 7 nitrogen and oxygen atoms in total. The number of carbonyl (C=O) groups is 1. The summed E-state index contributed by atoms with van der Waals surface area (Å²) in [6.07, 6.45) is -0.282. The maximum atomic E-state index is 12.8. The molecule has 152 valence electrons. The first-order valence-electron chi connectivity index (χ1n) is 8.85. The van der Waals surface area contributed by atoms with Crippen molar-refractivity contribution < 1.29 is 22.4 Å². The van der Waals surface area contributed by atoms with Crippen LogP contribution in [0.25, 0.3) is 0 Å². The number of ether oxygens (including phenoxy) is 1. The van der Waals surface area contributed by atoms with Gasteiger partial charge in [0.05, 0.1) is 13.2 Å². The van der Waals surface area contributed by atoms with Gasteiger partial charge in [0.1, 0.15) is 6.10 Å². The van der Waals surface area contributed by atoms with Crippen LogP contribution in [-0.2, 0) is 14.8 Å². The monoisotopic (exact) mass is 426 g/mol. The number of nitrogens with zero attached hydrogens (tertiary/aromatic N) is 1. The van der Waals surface area contributed by atoms with Gasteiger partial charge in [0.15, 0.2) is 5.76 Å². The lowest BCUT2D eigenvalue weighted by Gasteiger charge is -2.32. The number of amides is 1. The molecular weight excluding hydrogens is 404 g/mol. The molecule has 3 rings (SSSR count). The molecule has 1 aliphatic rings. The minimum absolute atomic E-state index is 0.0222. The third kappa shape index (κ3) is 4.94. The summed E-state index contributed by atoms with van der Waals surface area (Å²) in [6.45, 7) is 6.28. The molecule has 1 aliphatic heterocycles. The highest BCUT2D eigenvalue weighted by Gasteiger charge is 2.30. The Morgan fingerprint density at radius 2 is 1.86 bits per heavy atom. The molecule has 0 bridgehead atoms. The summed E-state index contributed by atoms with van der Waals surface area (Å²) in [5, 5.41) is 0.342. The van der Waals surface area contributed by atoms with Crippen LogP contribution in [0, 0.1) is 0 Å². The smallest absolute Gasteiger partial charge is 0.289 e. The van der Waals surface area contributed by atoms with Crippen LogP contribution in [0.5, 0.6) is 0 Å². The zero-order valence-electron chi connectivity index (χ0n) is 15.9. The molecule has 9 heteroatoms. The van der Waals surface area contributed by atoms with E-state index in [9.17, 15) is 13.2 Å². The second-order valence-corrected chi connectivity index (χ2v) is 9.69. The van der Waals surface area contributed by atoms with Crippen LogP contribution in [0.2, 0.25) is 5.02 Å². The zero-order valence-corrected chi connectivity index (χ0v) is 17.5. The van der Waals surface area contributed by atoms with Gasteiger partial charge in [-0.2, -0.15) is 0 Å². The largest absolute Gasteiger partial charge is 0.438 e. The average molecular weight is 427 g/mol. The number of hydrogen-bond acceptors (Lipinski definition) is 5. The lowest BCUT2D eigenvalue weighted by Crippen LogP contribution is -2.42. The van der Waals surface area contributed by atoms with Crippen molar-refractivity contribution in [1.29, 1.82) is 0 Å². The van der Waals surface area contributed by atoms with Gasteiger partial charge >= 0.3 is 0 Å². The molecule has 28 heavy (non-hydrogen) atoms. The van der Waals surface area contributed by atoms with Gasteiger partial charge in [0.2, 0.25) is 5.09 Å². The number of benzene rings is 1. The van der Waals surface area contributed by atoms with E-state index in [0.717, 1.165) is 5.56 Å². The molecule has 0 saturated carbocycles. The molecule has 0 radical (unpaired) electrons. The van der Waals surface area contributed by atoms with Gasteiger partial charge in [0.25, 0.3) is 15.9 Å². The third-order valence-electron chi connectivity index (χ3n) is 4.09. The highest BCUT2D eigenvalue weighted by atomic mass is 35.5. The van der Waals surface area contributed by atoms with E-state index in [1.807, 2.05) is 12.1 Å². The number of morpholine rings is 1. The van der Waals surface area contributed by atoms with Gasteiger partial charge in [-0.1, -0.05) is 23.7 Å². The molecule has 1 fully saturated rings. The molecule has 0 aliphatic carbocycles. The van der Waals surface area contributed by atoms with Crippen LogP contribution in [0.15, 0.2) is 45.9 Å². The summed E-state index contributed by atoms with van der Waals surface area (Å²) in [5.41, 5.74) is 0.255. The van der Waals surface area contributed by atoms with Gasteiger partial charge in [-0.3, -0.25) is 4.79 Å². The van der Waals surface area contributed by atoms with Crippen LogP contribution in [0.4, 0.5) is 0 Å². The quantitative estimate of drug-likeness (QED) is 0.810. The molecule has 0 spiro atoms. The van der Waals surface area contributed by atoms with Crippen LogP contribution in [0.1, 0.15) is 43.0 Å². The van der Waals surface area contributed by atoms with Crippen LogP contribution in [-0.4, -0.2) is 44.5 Å². The minimum atomic E-state index is -3.84. The maximum Gasteiger partial charge on any atom is 0.289 e. The van der Waals surface area contributed by atoms with Crippen molar-refractivity contribution in [3.8, 4) is 0 Å². The molecule has 1 unspecified atom stereocenters. The highest BCUT2D eigenvalue weighted by molar-refractivity contribution is 7.89. The van der Waals surface area contributed by atoms with Crippen molar-refractivity contribution >= 4 is 27.5 Å². The van der Waals surface area contributed by atoms with Crippen molar-refractivity contribution in [1.82, 2.24) is 9.62 Å². The summed E-state index contributed by atoms with van der Waals surface area (Å²) in [5.74, 6) is -0.398. The number of carbonyl (C=O) groups excluding carboxylic acids is 1. The molecule has 1 aromatic carbocycles. The minimum Gasteiger partial charge on any atom is -0.438 e. The Morgan fingerprint density at radius 1 is 1.18 bits per heavy atom. The normalized spacial score (nSPS) is 18.3. The first-order valence-corrected chi connectivity index (χ1v) is 10.7. The zero-order chi connectivity index (χ0) is 20.5. The SMILES string of the molecule is CC(C)(C)NS(=O)(=O)c1ccc(C(=O)N2CCOC(c3ccc(Cl)cc3)C2)o1. The van der Waals surface area contributed by atoms with Gasteiger partial charge in [0, 0.05) is 17.1 Å². The van der Waals surface area contributed by atoms with E-state index >= 15 is 0 Å². The predicted octanol–water partition coefficient (Wildman–Crippen LogP) is 3.22. The summed E-state index contributed by atoms with van der Waals surface area (Å²) in [7, 11) is -3.84. The third-order valence-corrected chi connectivity index (χ3v) is 5.98. The van der Waals surface area contributed by atoms with E-state index in [1.54, 1.807) is 37.8 Å². The summed E-state index contributed by atoms with van der Waals surface area (Å²) in [6, 6.07) is 9.93. The summed E-state index contributed by atoms with van der Waals surface area (Å²) >= 11 is 5.92. The Bertz CT molecular complexity index is 947. The van der Waals surface area contributed by atoms with E-state index < -0.39 is 15.6 Å². The van der Waals surface area contributed by atoms with Crippen LogP contribution in [0.3, 0.4) is 0 Å². The Morgan fingerprint density at radius 3 is 2.50 bits per heavy atom. The Labute approximate surface area is 169 Å². The number of sulfonamides is 1. The fourth-order valence-electron chi connectivity index (χ4n) is 2.90. The topological polar surface area (TPSA) is 88.9 Å². The molecule has 2 aromatic rings. The number of hydrogen-bond donors (Lipinski definition) is 1. The molecule has 1 aromatic heterocycles. The lowest BCUT2D eigenvalue weighted by molar-refractivity contribution is -0.0239. The molecule has 2 heterocycles. The maximum absolute atomic E-state index is 12.8. The van der Waals surface area contributed by atoms with Crippen LogP contribution >= 0.6 is 11.6 Å². The molecule has 1 N–H and O–H groups in total. The second kappa shape index (κ2) is 7.87. The molecule has 1 saturated heterocycles. The number of furan rings is 1. The van der Waals surface area contributed by atoms with Gasteiger partial charge in [-0.15, -0.1) is 0 Å². The molecule has 1 atom stereocenters. The van der Waals surface area contributed by atoms with E-state index in [1.165, 1.54) is 12.1 Å². The molecular formula is C19H23ClN2O5S. The predicted molar refractivity (Wildman–Crippen MR) is 105 cm³/mol. The Balaban J connectivity index is 1.73. The van der Waals surface area contributed by atoms with Gasteiger partial charge < -0.3 is 14.1 Å². The number of halogens is 1. The van der Waals surface area contributed by atoms with E-state index in [-0.39, 0.29) is 22.9 Å². The first kappa shape index (κ1) is 20.9. The van der Waals surface area contributed by atoms with Crippen molar-refractivity contribution in [3.63, 3.8) is 0 Å². The Kier molecular flexibility index (Phi) is 5.86. The lowest BCUT2D eigenvalue weighted by atomic mass is 10.1. The van der Waals surface area contributed by atoms with E-state index in [0.29, 0.717) is 24.7 Å². The van der Waals surface area contributed by atoms with E-state index in [2.05, 4.69) is 4.72 Å². The average Bonchev–Trinajstić information content (AvgIpc) is 3.11. The van der Waals surface area contributed by atoms with Crippen molar-refractivity contribution in [2.75, 3.05) is 19.7 Å².